The summed E-state index contributed by atoms with van der Waals surface area (Å²) in [6.07, 6.45) is 0.935. The van der Waals surface area contributed by atoms with E-state index >= 15 is 0 Å². The highest BCUT2D eigenvalue weighted by atomic mass is 16.5. The third kappa shape index (κ3) is 3.46. The minimum Gasteiger partial charge on any atom is -0.486 e. The molecule has 2 aliphatic rings. The maximum Gasteiger partial charge on any atom is 0.310 e. The Bertz CT molecular complexity index is 885. The molecule has 0 bridgehead atoms. The average Bonchev–Trinajstić information content (AvgIpc) is 2.69. The van der Waals surface area contributed by atoms with Crippen LogP contribution in [0, 0.1) is 12.8 Å². The van der Waals surface area contributed by atoms with Crippen molar-refractivity contribution in [3.63, 3.8) is 0 Å². The molecule has 0 aliphatic carbocycles. The zero-order valence-corrected chi connectivity index (χ0v) is 16.1. The number of nitrogens with zero attached hydrogens (tertiary/aromatic N) is 1. The van der Waals surface area contributed by atoms with E-state index in [2.05, 4.69) is 55.3 Å². The Morgan fingerprint density at radius 3 is 2.78 bits per heavy atom. The Balaban J connectivity index is 1.69. The number of nitrogens with one attached hydrogen (secondary N) is 1. The molecule has 0 atom stereocenters. The number of rotatable bonds is 3. The number of hydrogen-bond donors (Lipinski definition) is 2. The molecule has 2 aromatic rings. The summed E-state index contributed by atoms with van der Waals surface area (Å²) >= 11 is 0. The molecule has 1 fully saturated rings. The predicted octanol–water partition coefficient (Wildman–Crippen LogP) is 4.16. The Morgan fingerprint density at radius 1 is 1.26 bits per heavy atom. The van der Waals surface area contributed by atoms with Crippen LogP contribution in [0.25, 0.3) is 11.1 Å². The largest absolute Gasteiger partial charge is 0.486 e. The molecule has 0 spiro atoms. The lowest BCUT2D eigenvalue weighted by atomic mass is 9.96. The van der Waals surface area contributed by atoms with Crippen LogP contribution in [0.4, 0.5) is 11.4 Å². The Morgan fingerprint density at radius 2 is 2.04 bits per heavy atom. The van der Waals surface area contributed by atoms with Crippen LogP contribution in [-0.2, 0) is 4.79 Å². The Labute approximate surface area is 160 Å². The molecular formula is C22H26N2O3. The second kappa shape index (κ2) is 6.48. The molecule has 5 heteroatoms. The molecule has 2 N–H and O–H groups in total. The number of aryl methyl sites for hydroxylation is 1. The first-order valence-corrected chi connectivity index (χ1v) is 9.48. The van der Waals surface area contributed by atoms with E-state index in [1.165, 1.54) is 0 Å². The van der Waals surface area contributed by atoms with Gasteiger partial charge < -0.3 is 20.1 Å². The summed E-state index contributed by atoms with van der Waals surface area (Å²) in [5.74, 6) is -0.0793. The molecule has 27 heavy (non-hydrogen) atoms. The first kappa shape index (κ1) is 17.7. The third-order valence-electron chi connectivity index (χ3n) is 5.41. The van der Waals surface area contributed by atoms with Crippen LogP contribution in [0.2, 0.25) is 0 Å². The van der Waals surface area contributed by atoms with E-state index in [0.717, 1.165) is 46.8 Å². The fraction of sp³-hybridized carbons (Fsp3) is 0.409. The molecule has 0 aromatic heterocycles. The lowest BCUT2D eigenvalue weighted by Gasteiger charge is -2.38. The first-order chi connectivity index (χ1) is 12.8. The van der Waals surface area contributed by atoms with Crippen LogP contribution in [0.15, 0.2) is 36.4 Å². The quantitative estimate of drug-likeness (QED) is 0.854. The second-order valence-corrected chi connectivity index (χ2v) is 8.21. The van der Waals surface area contributed by atoms with Crippen molar-refractivity contribution >= 4 is 17.3 Å². The van der Waals surface area contributed by atoms with Crippen molar-refractivity contribution in [2.24, 2.45) is 5.92 Å². The van der Waals surface area contributed by atoms with Gasteiger partial charge in [0.25, 0.3) is 0 Å². The van der Waals surface area contributed by atoms with Crippen LogP contribution in [0.3, 0.4) is 0 Å². The van der Waals surface area contributed by atoms with Gasteiger partial charge in [0, 0.05) is 37.3 Å². The molecule has 142 valence electrons. The molecule has 0 saturated carbocycles. The molecule has 2 heterocycles. The summed E-state index contributed by atoms with van der Waals surface area (Å²) in [6, 6.07) is 12.6. The van der Waals surface area contributed by atoms with Gasteiger partial charge in [-0.15, -0.1) is 0 Å². The maximum atomic E-state index is 11.1. The first-order valence-electron chi connectivity index (χ1n) is 9.48. The zero-order chi connectivity index (χ0) is 19.2. The van der Waals surface area contributed by atoms with Crippen LogP contribution in [0.1, 0.15) is 25.8 Å². The SMILES string of the molecule is Cc1cc2c(c(-c3cccc(N4CC(C(=O)O)C4)c3)c1)NCCC(C)(C)O2. The van der Waals surface area contributed by atoms with Gasteiger partial charge >= 0.3 is 5.97 Å². The molecule has 1 saturated heterocycles. The van der Waals surface area contributed by atoms with E-state index in [0.29, 0.717) is 13.1 Å². The van der Waals surface area contributed by atoms with Crippen LogP contribution in [0.5, 0.6) is 5.75 Å². The highest BCUT2D eigenvalue weighted by Crippen LogP contribution is 2.42. The van der Waals surface area contributed by atoms with Gasteiger partial charge in [0.05, 0.1) is 11.6 Å². The highest BCUT2D eigenvalue weighted by Gasteiger charge is 2.33. The second-order valence-electron chi connectivity index (χ2n) is 8.21. The van der Waals surface area contributed by atoms with E-state index in [9.17, 15) is 4.79 Å². The van der Waals surface area contributed by atoms with Gasteiger partial charge in [-0.25, -0.2) is 0 Å². The monoisotopic (exact) mass is 366 g/mol. The summed E-state index contributed by atoms with van der Waals surface area (Å²) in [7, 11) is 0. The summed E-state index contributed by atoms with van der Waals surface area (Å²) in [6.45, 7) is 8.33. The minimum atomic E-state index is -0.713. The van der Waals surface area contributed by atoms with Gasteiger partial charge in [-0.2, -0.15) is 0 Å². The van der Waals surface area contributed by atoms with Gasteiger partial charge in [0.15, 0.2) is 0 Å². The van der Waals surface area contributed by atoms with Crippen molar-refractivity contribution in [2.75, 3.05) is 29.9 Å². The maximum absolute atomic E-state index is 11.1. The number of ether oxygens (including phenoxy) is 1. The fourth-order valence-electron chi connectivity index (χ4n) is 3.80. The number of carboxylic acid groups (broad SMARTS) is 1. The van der Waals surface area contributed by atoms with Crippen LogP contribution < -0.4 is 15.0 Å². The molecule has 2 aliphatic heterocycles. The fourth-order valence-corrected chi connectivity index (χ4v) is 3.80. The molecule has 4 rings (SSSR count). The highest BCUT2D eigenvalue weighted by molar-refractivity contribution is 5.85. The zero-order valence-electron chi connectivity index (χ0n) is 16.1. The topological polar surface area (TPSA) is 61.8 Å². The summed E-state index contributed by atoms with van der Waals surface area (Å²) in [5, 5.41) is 12.7. The van der Waals surface area contributed by atoms with E-state index in [4.69, 9.17) is 9.84 Å². The van der Waals surface area contributed by atoms with Crippen molar-refractivity contribution < 1.29 is 14.6 Å². The van der Waals surface area contributed by atoms with Crippen molar-refractivity contribution in [3.8, 4) is 16.9 Å². The van der Waals surface area contributed by atoms with Crippen molar-refractivity contribution in [1.82, 2.24) is 0 Å². The van der Waals surface area contributed by atoms with Gasteiger partial charge in [-0.1, -0.05) is 12.1 Å². The normalized spacial score (nSPS) is 18.6. The standard InChI is InChI=1S/C22H26N2O3/c1-14-9-18(20-19(10-14)27-22(2,3)7-8-23-20)15-5-4-6-17(11-15)24-12-16(13-24)21(25)26/h4-6,9-11,16,23H,7-8,12-13H2,1-3H3,(H,25,26). The van der Waals surface area contributed by atoms with Crippen molar-refractivity contribution in [1.29, 1.82) is 0 Å². The van der Waals surface area contributed by atoms with E-state index < -0.39 is 5.97 Å². The number of benzene rings is 2. The predicted molar refractivity (Wildman–Crippen MR) is 108 cm³/mol. The lowest BCUT2D eigenvalue weighted by Crippen LogP contribution is -2.50. The van der Waals surface area contributed by atoms with E-state index in [1.54, 1.807) is 0 Å². The number of aliphatic carboxylic acids is 1. The molecule has 0 unspecified atom stereocenters. The van der Waals surface area contributed by atoms with Crippen molar-refractivity contribution in [2.45, 2.75) is 32.8 Å². The van der Waals surface area contributed by atoms with E-state index in [-0.39, 0.29) is 11.5 Å². The molecule has 2 aromatic carbocycles. The number of carbonyl (C=O) groups is 1. The number of carboxylic acids is 1. The Hall–Kier alpha value is -2.69. The Kier molecular flexibility index (Phi) is 4.25. The van der Waals surface area contributed by atoms with Gasteiger partial charge in [0.2, 0.25) is 0 Å². The van der Waals surface area contributed by atoms with Gasteiger partial charge in [-0.3, -0.25) is 4.79 Å². The van der Waals surface area contributed by atoms with Crippen molar-refractivity contribution in [3.05, 3.63) is 42.0 Å². The van der Waals surface area contributed by atoms with Gasteiger partial charge in [-0.05, 0) is 56.2 Å². The molecule has 0 amide bonds. The van der Waals surface area contributed by atoms with Crippen LogP contribution in [-0.4, -0.2) is 36.3 Å². The molecule has 0 radical (unpaired) electrons. The minimum absolute atomic E-state index is 0.200. The van der Waals surface area contributed by atoms with Crippen LogP contribution >= 0.6 is 0 Å². The number of anilines is 2. The van der Waals surface area contributed by atoms with Gasteiger partial charge in [0.1, 0.15) is 11.4 Å². The summed E-state index contributed by atoms with van der Waals surface area (Å²) in [4.78, 5) is 13.2. The van der Waals surface area contributed by atoms with E-state index in [1.807, 2.05) is 12.1 Å². The molecule has 5 nitrogen and oxygen atoms in total. The smallest absolute Gasteiger partial charge is 0.310 e. The summed E-state index contributed by atoms with van der Waals surface area (Å²) in [5.41, 5.74) is 5.30. The third-order valence-corrected chi connectivity index (χ3v) is 5.41. The lowest BCUT2D eigenvalue weighted by molar-refractivity contribution is -0.142. The molecular weight excluding hydrogens is 340 g/mol. The average molecular weight is 366 g/mol. The number of fused-ring (bicyclic) bond motifs is 1. The number of hydrogen-bond acceptors (Lipinski definition) is 4. The summed E-state index contributed by atoms with van der Waals surface area (Å²) < 4.78 is 6.30.